The van der Waals surface area contributed by atoms with Crippen LogP contribution in [0.15, 0.2) is 77.7 Å². The number of rotatable bonds is 5. The fraction of sp³-hybridized carbons (Fsp3) is 0.167. The van der Waals surface area contributed by atoms with E-state index in [4.69, 9.17) is 23.2 Å². The van der Waals surface area contributed by atoms with Crippen molar-refractivity contribution in [2.24, 2.45) is 5.92 Å². The number of non-ortho nitro benzene ring substituents is 1. The summed E-state index contributed by atoms with van der Waals surface area (Å²) in [6.07, 6.45) is 4.92. The Kier molecular flexibility index (Phi) is 5.75. The Bertz CT molecular complexity index is 1440. The third-order valence-corrected chi connectivity index (χ3v) is 8.19. The number of nitrogens with one attached hydrogen (secondary N) is 2. The molecule has 1 aliphatic heterocycles. The predicted molar refractivity (Wildman–Crippen MR) is 133 cm³/mol. The van der Waals surface area contributed by atoms with Crippen molar-refractivity contribution in [3.05, 3.63) is 104 Å². The van der Waals surface area contributed by atoms with Gasteiger partial charge in [-0.3, -0.25) is 14.8 Å². The smallest absolute Gasteiger partial charge is 0.269 e. The maximum Gasteiger partial charge on any atom is 0.269 e. The van der Waals surface area contributed by atoms with Crippen LogP contribution < -0.4 is 10.0 Å². The number of hydrogen-bond donors (Lipinski definition) is 2. The highest BCUT2D eigenvalue weighted by Gasteiger charge is 2.38. The van der Waals surface area contributed by atoms with E-state index >= 15 is 0 Å². The lowest BCUT2D eigenvalue weighted by Crippen LogP contribution is -2.29. The van der Waals surface area contributed by atoms with Gasteiger partial charge in [0.15, 0.2) is 0 Å². The molecule has 1 aliphatic carbocycles. The lowest BCUT2D eigenvalue weighted by molar-refractivity contribution is -0.384. The third-order valence-electron chi connectivity index (χ3n) is 6.26. The van der Waals surface area contributed by atoms with Crippen molar-refractivity contribution in [1.82, 2.24) is 0 Å². The molecule has 34 heavy (non-hydrogen) atoms. The lowest BCUT2D eigenvalue weighted by Gasteiger charge is -2.37. The van der Waals surface area contributed by atoms with Crippen LogP contribution in [0.5, 0.6) is 0 Å². The zero-order valence-electron chi connectivity index (χ0n) is 17.6. The lowest BCUT2D eigenvalue weighted by atomic mass is 9.77. The van der Waals surface area contributed by atoms with Crippen LogP contribution in [0.1, 0.15) is 29.5 Å². The molecule has 174 valence electrons. The van der Waals surface area contributed by atoms with Gasteiger partial charge in [0.25, 0.3) is 15.7 Å². The Balaban J connectivity index is 1.50. The van der Waals surface area contributed by atoms with E-state index in [9.17, 15) is 18.5 Å². The number of nitrogens with zero attached hydrogens (tertiary/aromatic N) is 1. The Morgan fingerprint density at radius 3 is 2.68 bits per heavy atom. The number of anilines is 2. The number of halogens is 2. The minimum Gasteiger partial charge on any atom is -0.378 e. The summed E-state index contributed by atoms with van der Waals surface area (Å²) in [7, 11) is -3.92. The maximum absolute atomic E-state index is 13.1. The number of allylic oxidation sites excluding steroid dienone is 2. The van der Waals surface area contributed by atoms with Crippen LogP contribution in [-0.2, 0) is 10.0 Å². The van der Waals surface area contributed by atoms with Crippen LogP contribution in [0, 0.1) is 16.0 Å². The largest absolute Gasteiger partial charge is 0.378 e. The van der Waals surface area contributed by atoms with Crippen molar-refractivity contribution in [2.75, 3.05) is 10.0 Å². The van der Waals surface area contributed by atoms with E-state index in [1.807, 2.05) is 6.07 Å². The Hall–Kier alpha value is -3.07. The van der Waals surface area contributed by atoms with Crippen LogP contribution in [0.3, 0.4) is 0 Å². The van der Waals surface area contributed by atoms with Crippen molar-refractivity contribution in [2.45, 2.75) is 23.3 Å². The molecule has 0 radical (unpaired) electrons. The molecular weight excluding hydrogens is 497 g/mol. The highest BCUT2D eigenvalue weighted by molar-refractivity contribution is 7.92. The molecule has 7 nitrogen and oxygen atoms in total. The molecule has 0 fully saturated rings. The summed E-state index contributed by atoms with van der Waals surface area (Å²) < 4.78 is 28.7. The first-order valence-electron chi connectivity index (χ1n) is 10.5. The fourth-order valence-corrected chi connectivity index (χ4v) is 6.18. The highest BCUT2D eigenvalue weighted by atomic mass is 35.5. The average Bonchev–Trinajstić information content (AvgIpc) is 3.31. The second kappa shape index (κ2) is 8.61. The number of fused-ring (bicyclic) bond motifs is 3. The molecule has 0 saturated carbocycles. The molecule has 1 heterocycles. The van der Waals surface area contributed by atoms with Crippen LogP contribution in [0.25, 0.3) is 0 Å². The number of hydrogen-bond acceptors (Lipinski definition) is 5. The van der Waals surface area contributed by atoms with Crippen LogP contribution in [0.4, 0.5) is 17.1 Å². The molecule has 3 aromatic carbocycles. The van der Waals surface area contributed by atoms with Gasteiger partial charge in [0.1, 0.15) is 0 Å². The second-order valence-corrected chi connectivity index (χ2v) is 10.8. The van der Waals surface area contributed by atoms with Gasteiger partial charge in [-0.15, -0.1) is 0 Å². The summed E-state index contributed by atoms with van der Waals surface area (Å²) in [5, 5.41) is 15.3. The van der Waals surface area contributed by atoms with E-state index in [0.717, 1.165) is 23.2 Å². The quantitative estimate of drug-likeness (QED) is 0.228. The Labute approximate surface area is 206 Å². The zero-order chi connectivity index (χ0) is 24.0. The van der Waals surface area contributed by atoms with E-state index < -0.39 is 14.9 Å². The predicted octanol–water partition coefficient (Wildman–Crippen LogP) is 6.53. The molecule has 5 rings (SSSR count). The molecule has 2 N–H and O–H groups in total. The van der Waals surface area contributed by atoms with Gasteiger partial charge >= 0.3 is 0 Å². The Morgan fingerprint density at radius 2 is 1.88 bits per heavy atom. The normalized spacial score (nSPS) is 20.8. The van der Waals surface area contributed by atoms with Crippen LogP contribution in [-0.4, -0.2) is 13.3 Å². The summed E-state index contributed by atoms with van der Waals surface area (Å²) in [6.45, 7) is 0. The van der Waals surface area contributed by atoms with E-state index in [0.29, 0.717) is 5.02 Å². The van der Waals surface area contributed by atoms with Gasteiger partial charge in [-0.2, -0.15) is 0 Å². The van der Waals surface area contributed by atoms with E-state index in [2.05, 4.69) is 22.2 Å². The molecule has 3 aromatic rings. The first-order chi connectivity index (χ1) is 16.2. The molecule has 0 amide bonds. The van der Waals surface area contributed by atoms with E-state index in [1.165, 1.54) is 24.3 Å². The van der Waals surface area contributed by atoms with Crippen molar-refractivity contribution >= 4 is 50.3 Å². The molecule has 0 saturated heterocycles. The molecule has 0 unspecified atom stereocenters. The second-order valence-electron chi connectivity index (χ2n) is 8.31. The first kappa shape index (κ1) is 22.7. The highest BCUT2D eigenvalue weighted by Crippen LogP contribution is 2.50. The molecule has 0 aromatic heterocycles. The summed E-state index contributed by atoms with van der Waals surface area (Å²) in [5.41, 5.74) is 2.73. The number of nitro benzene ring substituents is 1. The topological polar surface area (TPSA) is 101 Å². The van der Waals surface area contributed by atoms with Gasteiger partial charge in [-0.1, -0.05) is 47.5 Å². The van der Waals surface area contributed by atoms with E-state index in [1.54, 1.807) is 30.3 Å². The van der Waals surface area contributed by atoms with Crippen molar-refractivity contribution in [1.29, 1.82) is 0 Å². The molecule has 3 atom stereocenters. The molecule has 0 spiro atoms. The van der Waals surface area contributed by atoms with Crippen molar-refractivity contribution in [3.63, 3.8) is 0 Å². The molecule has 2 aliphatic rings. The van der Waals surface area contributed by atoms with Gasteiger partial charge < -0.3 is 5.32 Å². The Morgan fingerprint density at radius 1 is 1.06 bits per heavy atom. The number of nitro groups is 1. The minimum atomic E-state index is -3.92. The minimum absolute atomic E-state index is 0.0228. The van der Waals surface area contributed by atoms with Gasteiger partial charge in [0.05, 0.1) is 26.6 Å². The van der Waals surface area contributed by atoms with Gasteiger partial charge in [-0.25, -0.2) is 8.42 Å². The van der Waals surface area contributed by atoms with Crippen molar-refractivity contribution < 1.29 is 13.3 Å². The van der Waals surface area contributed by atoms with Crippen molar-refractivity contribution in [3.8, 4) is 0 Å². The SMILES string of the molecule is O=[N+]([O-])c1cccc([C@H]2Nc3ccc(S(=O)(=O)Nc4cc(Cl)ccc4Cl)cc3[C@H]3C=CC[C@H]32)c1. The molecule has 0 bridgehead atoms. The third kappa shape index (κ3) is 4.13. The van der Waals surface area contributed by atoms with E-state index in [-0.39, 0.29) is 39.2 Å². The van der Waals surface area contributed by atoms with Crippen LogP contribution >= 0.6 is 23.2 Å². The van der Waals surface area contributed by atoms with Gasteiger partial charge in [-0.05, 0) is 59.9 Å². The number of benzene rings is 3. The summed E-state index contributed by atoms with van der Waals surface area (Å²) in [4.78, 5) is 11.0. The number of sulfonamides is 1. The van der Waals surface area contributed by atoms with Gasteiger partial charge in [0.2, 0.25) is 0 Å². The summed E-state index contributed by atoms with van der Waals surface area (Å²) >= 11 is 12.1. The molecule has 10 heteroatoms. The first-order valence-corrected chi connectivity index (χ1v) is 12.8. The maximum atomic E-state index is 13.1. The van der Waals surface area contributed by atoms with Gasteiger partial charge in [0, 0.05) is 28.8 Å². The zero-order valence-corrected chi connectivity index (χ0v) is 19.9. The summed E-state index contributed by atoms with van der Waals surface area (Å²) in [6, 6.07) is 16.0. The molecular formula is C24H19Cl2N3O4S. The average molecular weight is 516 g/mol. The standard InChI is InChI=1S/C24H19Cl2N3O4S/c25-15-7-9-21(26)23(12-15)28-34(32,33)17-8-10-22-20(13-17)18-5-2-6-19(18)24(27-22)14-3-1-4-16(11-14)29(30)31/h1-5,7-13,18-19,24,27-28H,6H2/t18-,19+,24+/m0/s1. The summed E-state index contributed by atoms with van der Waals surface area (Å²) in [5.74, 6) is 0.0770. The van der Waals surface area contributed by atoms with Crippen LogP contribution in [0.2, 0.25) is 10.0 Å². The fourth-order valence-electron chi connectivity index (χ4n) is 4.68. The monoisotopic (exact) mass is 515 g/mol.